The minimum absolute atomic E-state index is 0.160. The molecule has 0 saturated carbocycles. The number of halogens is 1. The van der Waals surface area contributed by atoms with Gasteiger partial charge in [0.1, 0.15) is 0 Å². The fourth-order valence-corrected chi connectivity index (χ4v) is 3.08. The maximum atomic E-state index is 10.8. The van der Waals surface area contributed by atoms with Gasteiger partial charge in [-0.15, -0.1) is 0 Å². The molecular weight excluding hydrogens is 322 g/mol. The molecule has 0 amide bonds. The molecule has 20 heavy (non-hydrogen) atoms. The number of nitrogens with zero attached hydrogens (tertiary/aromatic N) is 3. The van der Waals surface area contributed by atoms with Crippen molar-refractivity contribution in [1.82, 2.24) is 4.90 Å². The molecule has 0 spiro atoms. The lowest BCUT2D eigenvalue weighted by Crippen LogP contribution is -2.46. The van der Waals surface area contributed by atoms with Crippen LogP contribution in [0.15, 0.2) is 18.2 Å². The highest BCUT2D eigenvalue weighted by molar-refractivity contribution is 9.08. The lowest BCUT2D eigenvalue weighted by Gasteiger charge is -2.36. The molecule has 1 saturated heterocycles. The molecule has 0 unspecified atom stereocenters. The largest absolute Gasteiger partial charge is 0.369 e. The Balaban J connectivity index is 2.11. The molecule has 0 atom stereocenters. The second-order valence-electron chi connectivity index (χ2n) is 5.03. The van der Waals surface area contributed by atoms with Crippen LogP contribution < -0.4 is 4.90 Å². The Hall–Kier alpha value is -1.14. The molecule has 0 aromatic heterocycles. The Bertz CT molecular complexity index is 473. The van der Waals surface area contributed by atoms with Crippen molar-refractivity contribution in [2.75, 3.05) is 37.6 Å². The van der Waals surface area contributed by atoms with Crippen molar-refractivity contribution < 1.29 is 4.92 Å². The topological polar surface area (TPSA) is 49.6 Å². The van der Waals surface area contributed by atoms with Crippen molar-refractivity contribution >= 4 is 27.3 Å². The number of anilines is 1. The smallest absolute Gasteiger partial charge is 0.269 e. The zero-order valence-electron chi connectivity index (χ0n) is 11.7. The normalized spacial score (nSPS) is 16.4. The van der Waals surface area contributed by atoms with E-state index in [0.29, 0.717) is 5.33 Å². The van der Waals surface area contributed by atoms with Gasteiger partial charge < -0.3 is 4.90 Å². The van der Waals surface area contributed by atoms with Gasteiger partial charge in [0.15, 0.2) is 0 Å². The van der Waals surface area contributed by atoms with Crippen LogP contribution in [-0.4, -0.2) is 42.5 Å². The first kappa shape index (κ1) is 15.3. The number of hydrogen-bond donors (Lipinski definition) is 0. The van der Waals surface area contributed by atoms with E-state index in [2.05, 4.69) is 32.7 Å². The summed E-state index contributed by atoms with van der Waals surface area (Å²) in [5.74, 6) is 0. The molecular formula is C14H20BrN3O2. The molecule has 1 aromatic rings. The lowest BCUT2D eigenvalue weighted by atomic mass is 10.1. The second-order valence-corrected chi connectivity index (χ2v) is 5.59. The number of nitro benzene ring substituents is 1. The maximum absolute atomic E-state index is 10.8. The summed E-state index contributed by atoms with van der Waals surface area (Å²) < 4.78 is 0. The van der Waals surface area contributed by atoms with Gasteiger partial charge in [-0.3, -0.25) is 15.0 Å². The van der Waals surface area contributed by atoms with Gasteiger partial charge in [-0.2, -0.15) is 0 Å². The van der Waals surface area contributed by atoms with Gasteiger partial charge in [0.05, 0.1) is 4.92 Å². The molecule has 0 N–H and O–H groups in total. The molecule has 2 rings (SSSR count). The summed E-state index contributed by atoms with van der Waals surface area (Å²) in [7, 11) is 0. The Morgan fingerprint density at radius 3 is 2.55 bits per heavy atom. The van der Waals surface area contributed by atoms with E-state index >= 15 is 0 Å². The summed E-state index contributed by atoms with van der Waals surface area (Å²) in [4.78, 5) is 15.3. The molecule has 1 fully saturated rings. The van der Waals surface area contributed by atoms with Crippen molar-refractivity contribution in [2.45, 2.75) is 18.7 Å². The molecule has 1 aliphatic heterocycles. The quantitative estimate of drug-likeness (QED) is 0.469. The Kier molecular flexibility index (Phi) is 5.37. The van der Waals surface area contributed by atoms with Crippen LogP contribution in [0.2, 0.25) is 0 Å². The van der Waals surface area contributed by atoms with Gasteiger partial charge >= 0.3 is 0 Å². The third-order valence-corrected chi connectivity index (χ3v) is 4.27. The van der Waals surface area contributed by atoms with E-state index in [0.717, 1.165) is 44.0 Å². The molecule has 0 aliphatic carbocycles. The maximum Gasteiger partial charge on any atom is 0.269 e. The van der Waals surface area contributed by atoms with Crippen LogP contribution in [0.4, 0.5) is 11.4 Å². The lowest BCUT2D eigenvalue weighted by molar-refractivity contribution is -0.384. The van der Waals surface area contributed by atoms with Crippen LogP contribution >= 0.6 is 15.9 Å². The van der Waals surface area contributed by atoms with E-state index in [-0.39, 0.29) is 10.6 Å². The second kappa shape index (κ2) is 7.04. The predicted molar refractivity (Wildman–Crippen MR) is 84.7 cm³/mol. The fourth-order valence-electron chi connectivity index (χ4n) is 2.63. The van der Waals surface area contributed by atoms with E-state index in [1.165, 1.54) is 6.42 Å². The van der Waals surface area contributed by atoms with Crippen LogP contribution in [0.25, 0.3) is 0 Å². The van der Waals surface area contributed by atoms with E-state index in [1.54, 1.807) is 12.1 Å². The molecule has 0 bridgehead atoms. The van der Waals surface area contributed by atoms with Gasteiger partial charge in [-0.05, 0) is 24.6 Å². The molecule has 1 heterocycles. The van der Waals surface area contributed by atoms with Gasteiger partial charge in [0.25, 0.3) is 5.69 Å². The third kappa shape index (κ3) is 3.49. The van der Waals surface area contributed by atoms with Gasteiger partial charge in [0.2, 0.25) is 0 Å². The van der Waals surface area contributed by atoms with E-state index < -0.39 is 0 Å². The number of benzene rings is 1. The van der Waals surface area contributed by atoms with Gasteiger partial charge in [-0.1, -0.05) is 22.9 Å². The molecule has 0 radical (unpaired) electrons. The summed E-state index contributed by atoms with van der Waals surface area (Å²) in [6.07, 6.45) is 1.18. The van der Waals surface area contributed by atoms with Crippen molar-refractivity contribution in [1.29, 1.82) is 0 Å². The predicted octanol–water partition coefficient (Wildman–Crippen LogP) is 3.02. The monoisotopic (exact) mass is 341 g/mol. The number of non-ortho nitro benzene ring substituents is 1. The molecule has 1 aromatic carbocycles. The highest BCUT2D eigenvalue weighted by Gasteiger charge is 2.20. The number of hydrogen-bond acceptors (Lipinski definition) is 4. The molecule has 1 aliphatic rings. The van der Waals surface area contributed by atoms with Gasteiger partial charge in [-0.25, -0.2) is 0 Å². The molecule has 6 heteroatoms. The summed E-state index contributed by atoms with van der Waals surface area (Å²) in [5, 5.41) is 11.5. The first-order valence-corrected chi connectivity index (χ1v) is 8.08. The number of piperazine rings is 1. The zero-order chi connectivity index (χ0) is 14.5. The Morgan fingerprint density at radius 1 is 1.30 bits per heavy atom. The van der Waals surface area contributed by atoms with Crippen molar-refractivity contribution in [3.63, 3.8) is 0 Å². The van der Waals surface area contributed by atoms with Crippen molar-refractivity contribution in [3.8, 4) is 0 Å². The van der Waals surface area contributed by atoms with Crippen molar-refractivity contribution in [2.24, 2.45) is 0 Å². The average molecular weight is 342 g/mol. The first-order valence-electron chi connectivity index (χ1n) is 6.96. The van der Waals surface area contributed by atoms with Crippen LogP contribution in [0.1, 0.15) is 18.9 Å². The van der Waals surface area contributed by atoms with E-state index in [9.17, 15) is 10.1 Å². The minimum Gasteiger partial charge on any atom is -0.369 e. The standard InChI is InChI=1S/C14H20BrN3O2/c1-2-5-16-6-8-17(9-7-16)14-4-3-13(18(19)20)10-12(14)11-15/h3-4,10H,2,5-9,11H2,1H3. The van der Waals surface area contributed by atoms with Crippen LogP contribution in [0.3, 0.4) is 0 Å². The number of alkyl halides is 1. The van der Waals surface area contributed by atoms with Crippen LogP contribution in [0.5, 0.6) is 0 Å². The van der Waals surface area contributed by atoms with E-state index in [4.69, 9.17) is 0 Å². The summed E-state index contributed by atoms with van der Waals surface area (Å²) in [5.41, 5.74) is 2.26. The van der Waals surface area contributed by atoms with Crippen LogP contribution in [-0.2, 0) is 5.33 Å². The number of rotatable bonds is 5. The minimum atomic E-state index is -0.338. The highest BCUT2D eigenvalue weighted by Crippen LogP contribution is 2.28. The Labute approximate surface area is 127 Å². The first-order chi connectivity index (χ1) is 9.65. The van der Waals surface area contributed by atoms with Crippen molar-refractivity contribution in [3.05, 3.63) is 33.9 Å². The fraction of sp³-hybridized carbons (Fsp3) is 0.571. The zero-order valence-corrected chi connectivity index (χ0v) is 13.3. The third-order valence-electron chi connectivity index (χ3n) is 3.67. The molecule has 5 nitrogen and oxygen atoms in total. The number of nitro groups is 1. The summed E-state index contributed by atoms with van der Waals surface area (Å²) in [6, 6.07) is 5.15. The average Bonchev–Trinajstić information content (AvgIpc) is 2.47. The van der Waals surface area contributed by atoms with Gasteiger partial charge in [0, 0.05) is 49.3 Å². The van der Waals surface area contributed by atoms with Crippen LogP contribution in [0, 0.1) is 10.1 Å². The van der Waals surface area contributed by atoms with E-state index in [1.807, 2.05) is 6.07 Å². The SMILES string of the molecule is CCCN1CCN(c2ccc([N+](=O)[O-])cc2CBr)CC1. The Morgan fingerprint density at radius 2 is 2.00 bits per heavy atom. The summed E-state index contributed by atoms with van der Waals surface area (Å²) in [6.45, 7) is 7.44. The summed E-state index contributed by atoms with van der Waals surface area (Å²) >= 11 is 3.44. The molecule has 110 valence electrons. The highest BCUT2D eigenvalue weighted by atomic mass is 79.9.